The summed E-state index contributed by atoms with van der Waals surface area (Å²) in [5, 5.41) is 8.90. The molecule has 2 aliphatic rings. The molecule has 2 heterocycles. The van der Waals surface area contributed by atoms with Crippen molar-refractivity contribution in [2.75, 3.05) is 31.1 Å². The number of rotatable bonds is 3. The molecule has 104 valence electrons. The summed E-state index contributed by atoms with van der Waals surface area (Å²) in [6.07, 6.45) is 2.73. The maximum atomic E-state index is 11.6. The molecule has 2 fully saturated rings. The van der Waals surface area contributed by atoms with Gasteiger partial charge in [-0.15, -0.1) is 0 Å². The number of piperidine rings is 1. The first-order chi connectivity index (χ1) is 8.55. The average molecular weight is 275 g/mol. The number of carbonyl (C=O) groups excluding carboxylic acids is 1. The Morgan fingerprint density at radius 2 is 2.17 bits per heavy atom. The third-order valence-electron chi connectivity index (χ3n) is 3.51. The molecular weight excluding hydrogens is 254 g/mol. The maximum absolute atomic E-state index is 11.6. The molecule has 0 radical (unpaired) electrons. The van der Waals surface area contributed by atoms with Crippen LogP contribution in [0.15, 0.2) is 0 Å². The second-order valence-corrected chi connectivity index (χ2v) is 7.40. The van der Waals surface area contributed by atoms with E-state index in [2.05, 4.69) is 16.0 Å². The first kappa shape index (κ1) is 13.6. The summed E-state index contributed by atoms with van der Waals surface area (Å²) in [5.74, 6) is 0.538. The van der Waals surface area contributed by atoms with Crippen molar-refractivity contribution in [3.05, 3.63) is 0 Å². The van der Waals surface area contributed by atoms with E-state index in [-0.39, 0.29) is 29.5 Å². The van der Waals surface area contributed by atoms with Crippen LogP contribution in [0.5, 0.6) is 0 Å². The summed E-state index contributed by atoms with van der Waals surface area (Å²) in [6, 6.07) is -0.000872. The van der Waals surface area contributed by atoms with Gasteiger partial charge in [-0.1, -0.05) is 0 Å². The van der Waals surface area contributed by atoms with Crippen molar-refractivity contribution in [2.24, 2.45) is 5.92 Å². The summed E-state index contributed by atoms with van der Waals surface area (Å²) in [5.41, 5.74) is 0. The summed E-state index contributed by atoms with van der Waals surface area (Å²) in [7, 11) is -2.85. The number of amides is 2. The molecule has 2 atom stereocenters. The third kappa shape index (κ3) is 4.13. The molecule has 6 nitrogen and oxygen atoms in total. The highest BCUT2D eigenvalue weighted by Crippen LogP contribution is 2.17. The van der Waals surface area contributed by atoms with Gasteiger partial charge in [-0.3, -0.25) is 0 Å². The summed E-state index contributed by atoms with van der Waals surface area (Å²) >= 11 is 0. The summed E-state index contributed by atoms with van der Waals surface area (Å²) < 4.78 is 22.5. The molecule has 2 rings (SSSR count). The molecule has 0 aromatic carbocycles. The van der Waals surface area contributed by atoms with E-state index in [9.17, 15) is 13.2 Å². The van der Waals surface area contributed by atoms with Crippen LogP contribution in [0.25, 0.3) is 0 Å². The van der Waals surface area contributed by atoms with Crippen LogP contribution in [0.2, 0.25) is 0 Å². The van der Waals surface area contributed by atoms with Crippen molar-refractivity contribution in [3.63, 3.8) is 0 Å². The van der Waals surface area contributed by atoms with Crippen molar-refractivity contribution < 1.29 is 13.2 Å². The lowest BCUT2D eigenvalue weighted by molar-refractivity contribution is 0.232. The van der Waals surface area contributed by atoms with Crippen LogP contribution in [0.4, 0.5) is 4.79 Å². The lowest BCUT2D eigenvalue weighted by Gasteiger charge is -2.24. The van der Waals surface area contributed by atoms with E-state index in [1.165, 1.54) is 0 Å². The van der Waals surface area contributed by atoms with E-state index in [1.807, 2.05) is 0 Å². The van der Waals surface area contributed by atoms with E-state index in [0.717, 1.165) is 25.9 Å². The maximum Gasteiger partial charge on any atom is 0.315 e. The molecule has 0 spiro atoms. The molecule has 2 aliphatic heterocycles. The van der Waals surface area contributed by atoms with E-state index in [1.54, 1.807) is 0 Å². The van der Waals surface area contributed by atoms with Gasteiger partial charge in [0.25, 0.3) is 0 Å². The number of sulfone groups is 1. The van der Waals surface area contributed by atoms with Gasteiger partial charge in [0, 0.05) is 19.1 Å². The van der Waals surface area contributed by atoms with Gasteiger partial charge in [-0.05, 0) is 31.7 Å². The molecule has 0 bridgehead atoms. The molecule has 2 unspecified atom stereocenters. The molecular formula is C11H21N3O3S. The molecule has 7 heteroatoms. The van der Waals surface area contributed by atoms with Crippen LogP contribution >= 0.6 is 0 Å². The minimum absolute atomic E-state index is 0.0743. The zero-order valence-electron chi connectivity index (χ0n) is 10.4. The van der Waals surface area contributed by atoms with Gasteiger partial charge < -0.3 is 16.0 Å². The Kier molecular flexibility index (Phi) is 4.45. The summed E-state index contributed by atoms with van der Waals surface area (Å²) in [6.45, 7) is 2.27. The van der Waals surface area contributed by atoms with Crippen LogP contribution in [0, 0.1) is 5.92 Å². The number of hydrogen-bond donors (Lipinski definition) is 3. The fourth-order valence-corrected chi connectivity index (χ4v) is 4.34. The zero-order chi connectivity index (χ0) is 13.0. The van der Waals surface area contributed by atoms with Crippen molar-refractivity contribution in [1.82, 2.24) is 16.0 Å². The highest BCUT2D eigenvalue weighted by molar-refractivity contribution is 7.91. The largest absolute Gasteiger partial charge is 0.338 e. The Morgan fingerprint density at radius 3 is 2.78 bits per heavy atom. The molecule has 2 saturated heterocycles. The number of hydrogen-bond acceptors (Lipinski definition) is 4. The van der Waals surface area contributed by atoms with Gasteiger partial charge in [0.2, 0.25) is 0 Å². The number of carbonyl (C=O) groups is 1. The Hall–Kier alpha value is -0.820. The highest BCUT2D eigenvalue weighted by Gasteiger charge is 2.28. The van der Waals surface area contributed by atoms with Crippen LogP contribution in [-0.2, 0) is 9.84 Å². The van der Waals surface area contributed by atoms with Crippen LogP contribution in [0.1, 0.15) is 19.3 Å². The smallest absolute Gasteiger partial charge is 0.315 e. The molecule has 3 N–H and O–H groups in total. The first-order valence-electron chi connectivity index (χ1n) is 6.51. The van der Waals surface area contributed by atoms with Crippen molar-refractivity contribution in [2.45, 2.75) is 25.3 Å². The van der Waals surface area contributed by atoms with Gasteiger partial charge in [0.1, 0.15) is 0 Å². The van der Waals surface area contributed by atoms with Crippen LogP contribution in [-0.4, -0.2) is 51.6 Å². The third-order valence-corrected chi connectivity index (χ3v) is 5.35. The Labute approximate surface area is 108 Å². The molecule has 0 aliphatic carbocycles. The average Bonchev–Trinajstić information content (AvgIpc) is 2.68. The molecule has 0 saturated carbocycles. The molecule has 2 amide bonds. The minimum atomic E-state index is -2.85. The Balaban J connectivity index is 1.65. The highest BCUT2D eigenvalue weighted by atomic mass is 32.2. The van der Waals surface area contributed by atoms with Gasteiger partial charge >= 0.3 is 6.03 Å². The molecule has 18 heavy (non-hydrogen) atoms. The topological polar surface area (TPSA) is 87.3 Å². The Bertz CT molecular complexity index is 390. The van der Waals surface area contributed by atoms with Gasteiger partial charge in [-0.25, -0.2) is 13.2 Å². The Morgan fingerprint density at radius 1 is 1.33 bits per heavy atom. The minimum Gasteiger partial charge on any atom is -0.338 e. The molecule has 0 aromatic heterocycles. The SMILES string of the molecule is O=C(NCC1CCS(=O)(=O)C1)NC1CCCNC1. The number of nitrogens with one attached hydrogen (secondary N) is 3. The molecule has 0 aromatic rings. The van der Waals surface area contributed by atoms with Gasteiger partial charge in [0.05, 0.1) is 11.5 Å². The van der Waals surface area contributed by atoms with Crippen molar-refractivity contribution in [1.29, 1.82) is 0 Å². The normalized spacial score (nSPS) is 30.9. The zero-order valence-corrected chi connectivity index (χ0v) is 11.3. The van der Waals surface area contributed by atoms with E-state index in [4.69, 9.17) is 0 Å². The van der Waals surface area contributed by atoms with E-state index >= 15 is 0 Å². The van der Waals surface area contributed by atoms with Crippen molar-refractivity contribution in [3.8, 4) is 0 Å². The lowest BCUT2D eigenvalue weighted by atomic mass is 10.1. The van der Waals surface area contributed by atoms with Gasteiger partial charge in [-0.2, -0.15) is 0 Å². The van der Waals surface area contributed by atoms with E-state index in [0.29, 0.717) is 13.0 Å². The summed E-state index contributed by atoms with van der Waals surface area (Å²) in [4.78, 5) is 11.6. The van der Waals surface area contributed by atoms with Gasteiger partial charge in [0.15, 0.2) is 9.84 Å². The lowest BCUT2D eigenvalue weighted by Crippen LogP contribution is -2.49. The van der Waals surface area contributed by atoms with Crippen molar-refractivity contribution >= 4 is 15.9 Å². The fourth-order valence-electron chi connectivity index (χ4n) is 2.48. The monoisotopic (exact) mass is 275 g/mol. The second kappa shape index (κ2) is 5.88. The standard InChI is InChI=1S/C11H21N3O3S/c15-11(14-10-2-1-4-12-7-10)13-6-9-3-5-18(16,17)8-9/h9-10,12H,1-8H2,(H2,13,14,15). The van der Waals surface area contributed by atoms with Crippen LogP contribution < -0.4 is 16.0 Å². The van der Waals surface area contributed by atoms with E-state index < -0.39 is 9.84 Å². The quantitative estimate of drug-likeness (QED) is 0.646. The number of urea groups is 1. The predicted molar refractivity (Wildman–Crippen MR) is 69.2 cm³/mol. The predicted octanol–water partition coefficient (Wildman–Crippen LogP) is -0.528. The fraction of sp³-hybridized carbons (Fsp3) is 0.909. The second-order valence-electron chi connectivity index (χ2n) is 5.17. The first-order valence-corrected chi connectivity index (χ1v) is 8.33. The van der Waals surface area contributed by atoms with Crippen LogP contribution in [0.3, 0.4) is 0 Å².